The fraction of sp³-hybridized carbons (Fsp3) is 0.667. The Bertz CT molecular complexity index is 523. The number of benzene rings is 1. The van der Waals surface area contributed by atoms with Crippen LogP contribution in [0.2, 0.25) is 0 Å². The van der Waals surface area contributed by atoms with Crippen molar-refractivity contribution >= 4 is 11.8 Å². The summed E-state index contributed by atoms with van der Waals surface area (Å²) in [6.45, 7) is 13.3. The highest BCUT2D eigenvalue weighted by atomic mass is 16.2. The summed E-state index contributed by atoms with van der Waals surface area (Å²) in [5.41, 5.74) is 0.984. The summed E-state index contributed by atoms with van der Waals surface area (Å²) < 4.78 is 0. The molecule has 0 radical (unpaired) electrons. The summed E-state index contributed by atoms with van der Waals surface area (Å²) in [7, 11) is 2.19. The van der Waals surface area contributed by atoms with E-state index in [9.17, 15) is 9.59 Å². The third-order valence-electron chi connectivity index (χ3n) is 4.84. The number of hydrogen-bond donors (Lipinski definition) is 1. The van der Waals surface area contributed by atoms with Crippen molar-refractivity contribution in [2.75, 3.05) is 20.1 Å². The lowest BCUT2D eigenvalue weighted by Gasteiger charge is -2.20. The van der Waals surface area contributed by atoms with E-state index in [1.807, 2.05) is 44.2 Å². The number of carbonyl (C=O) groups excluding carboxylic acids is 2. The van der Waals surface area contributed by atoms with Gasteiger partial charge in [0.05, 0.1) is 5.92 Å². The molecule has 4 nitrogen and oxygen atoms in total. The van der Waals surface area contributed by atoms with Crippen LogP contribution in [0, 0.1) is 5.92 Å². The van der Waals surface area contributed by atoms with E-state index in [1.54, 1.807) is 0 Å². The Morgan fingerprint density at radius 1 is 1.04 bits per heavy atom. The van der Waals surface area contributed by atoms with Crippen LogP contribution in [0.4, 0.5) is 0 Å². The van der Waals surface area contributed by atoms with Gasteiger partial charge in [-0.1, -0.05) is 77.8 Å². The molecule has 0 aromatic heterocycles. The van der Waals surface area contributed by atoms with E-state index >= 15 is 0 Å². The molecule has 1 N–H and O–H groups in total. The highest BCUT2D eigenvalue weighted by molar-refractivity contribution is 6.00. The van der Waals surface area contributed by atoms with Crippen molar-refractivity contribution in [3.8, 4) is 0 Å². The van der Waals surface area contributed by atoms with Gasteiger partial charge in [0.1, 0.15) is 0 Å². The van der Waals surface area contributed by atoms with Crippen molar-refractivity contribution in [1.82, 2.24) is 10.2 Å². The molecule has 2 aliphatic heterocycles. The molecule has 2 heterocycles. The van der Waals surface area contributed by atoms with Gasteiger partial charge >= 0.3 is 0 Å². The second kappa shape index (κ2) is 16.3. The lowest BCUT2D eigenvalue weighted by molar-refractivity contribution is -0.134. The lowest BCUT2D eigenvalue weighted by atomic mass is 9.91. The maximum atomic E-state index is 11.5. The average Bonchev–Trinajstić information content (AvgIpc) is 2.72. The molecule has 1 aromatic carbocycles. The zero-order valence-electron chi connectivity index (χ0n) is 19.0. The number of nitrogens with zero attached hydrogens (tertiary/aromatic N) is 1. The van der Waals surface area contributed by atoms with E-state index in [0.717, 1.165) is 11.5 Å². The minimum absolute atomic E-state index is 0.158. The summed E-state index contributed by atoms with van der Waals surface area (Å²) >= 11 is 0. The zero-order chi connectivity index (χ0) is 21.4. The van der Waals surface area contributed by atoms with E-state index in [2.05, 4.69) is 38.0 Å². The van der Waals surface area contributed by atoms with Gasteiger partial charge in [0, 0.05) is 6.42 Å². The normalized spacial score (nSPS) is 19.2. The third kappa shape index (κ3) is 11.9. The van der Waals surface area contributed by atoms with E-state index in [0.29, 0.717) is 12.8 Å². The lowest BCUT2D eigenvalue weighted by Crippen LogP contribution is -2.39. The molecule has 2 amide bonds. The van der Waals surface area contributed by atoms with Crippen molar-refractivity contribution in [2.24, 2.45) is 5.92 Å². The average molecular weight is 391 g/mol. The molecule has 4 heteroatoms. The van der Waals surface area contributed by atoms with E-state index in [-0.39, 0.29) is 17.7 Å². The number of hydrogen-bond acceptors (Lipinski definition) is 3. The molecule has 0 spiro atoms. The molecule has 2 fully saturated rings. The van der Waals surface area contributed by atoms with Crippen LogP contribution in [-0.4, -0.2) is 36.9 Å². The number of carbonyl (C=O) groups is 2. The molecule has 0 saturated carbocycles. The van der Waals surface area contributed by atoms with Crippen LogP contribution in [0.25, 0.3) is 0 Å². The summed E-state index contributed by atoms with van der Waals surface area (Å²) in [6.07, 6.45) is 6.64. The van der Waals surface area contributed by atoms with Crippen LogP contribution < -0.4 is 5.32 Å². The molecule has 2 aliphatic rings. The first-order valence-corrected chi connectivity index (χ1v) is 11.0. The Hall–Kier alpha value is -1.68. The van der Waals surface area contributed by atoms with Crippen molar-refractivity contribution < 1.29 is 9.59 Å². The van der Waals surface area contributed by atoms with Crippen LogP contribution in [0.3, 0.4) is 0 Å². The van der Waals surface area contributed by atoms with Gasteiger partial charge in [-0.05, 0) is 50.9 Å². The Labute approximate surface area is 173 Å². The van der Waals surface area contributed by atoms with Gasteiger partial charge in [0.2, 0.25) is 11.8 Å². The van der Waals surface area contributed by atoms with Crippen LogP contribution in [-0.2, 0) is 9.59 Å². The van der Waals surface area contributed by atoms with Gasteiger partial charge in [0.25, 0.3) is 0 Å². The van der Waals surface area contributed by atoms with Gasteiger partial charge in [-0.2, -0.15) is 0 Å². The Morgan fingerprint density at radius 2 is 1.57 bits per heavy atom. The number of imide groups is 1. The number of likely N-dealkylation sites (tertiary alicyclic amines) is 1. The predicted octanol–water partition coefficient (Wildman–Crippen LogP) is 5.39. The molecule has 2 saturated heterocycles. The predicted molar refractivity (Wildman–Crippen MR) is 119 cm³/mol. The molecular weight excluding hydrogens is 348 g/mol. The molecule has 0 aliphatic carbocycles. The molecule has 160 valence electrons. The fourth-order valence-electron chi connectivity index (χ4n) is 2.75. The first kappa shape index (κ1) is 26.3. The summed E-state index contributed by atoms with van der Waals surface area (Å²) in [4.78, 5) is 24.8. The zero-order valence-corrected chi connectivity index (χ0v) is 19.0. The van der Waals surface area contributed by atoms with Gasteiger partial charge in [0.15, 0.2) is 0 Å². The maximum absolute atomic E-state index is 11.5. The SMILES string of the molecule is CC.CCC(C)C.CN1CCCCC1.O=C1CCC(c2ccccc2)C(=O)N1. The molecule has 1 aromatic rings. The van der Waals surface area contributed by atoms with Gasteiger partial charge in [-0.15, -0.1) is 0 Å². The monoisotopic (exact) mass is 390 g/mol. The smallest absolute Gasteiger partial charge is 0.234 e. The second-order valence-electron chi connectivity index (χ2n) is 7.58. The summed E-state index contributed by atoms with van der Waals surface area (Å²) in [5, 5.41) is 2.35. The molecular formula is C24H42N2O2. The highest BCUT2D eigenvalue weighted by Crippen LogP contribution is 2.23. The maximum Gasteiger partial charge on any atom is 0.234 e. The molecule has 3 rings (SSSR count). The largest absolute Gasteiger partial charge is 0.306 e. The molecule has 28 heavy (non-hydrogen) atoms. The van der Waals surface area contributed by atoms with Crippen LogP contribution in [0.1, 0.15) is 84.6 Å². The van der Waals surface area contributed by atoms with Crippen LogP contribution in [0.5, 0.6) is 0 Å². The molecule has 1 unspecified atom stereocenters. The van der Waals surface area contributed by atoms with E-state index < -0.39 is 0 Å². The highest BCUT2D eigenvalue weighted by Gasteiger charge is 2.27. The van der Waals surface area contributed by atoms with E-state index in [1.165, 1.54) is 38.8 Å². The number of piperidine rings is 2. The molecule has 1 atom stereocenters. The summed E-state index contributed by atoms with van der Waals surface area (Å²) in [5.74, 6) is 0.388. The minimum Gasteiger partial charge on any atom is -0.306 e. The standard InChI is InChI=1S/C11H11NO2.C6H13N.C5H12.C2H6/c13-10-7-6-9(11(14)12-10)8-4-2-1-3-5-8;1-7-5-3-2-4-6-7;1-4-5(2)3;1-2/h1-5,9H,6-7H2,(H,12,13,14);2-6H2,1H3;5H,4H2,1-3H3;1-2H3. The Balaban J connectivity index is 0.000000437. The minimum atomic E-state index is -0.174. The van der Waals surface area contributed by atoms with Gasteiger partial charge in [-0.3, -0.25) is 14.9 Å². The van der Waals surface area contributed by atoms with E-state index in [4.69, 9.17) is 0 Å². The van der Waals surface area contributed by atoms with Crippen molar-refractivity contribution in [2.45, 2.75) is 79.1 Å². The van der Waals surface area contributed by atoms with Crippen LogP contribution in [0.15, 0.2) is 30.3 Å². The van der Waals surface area contributed by atoms with Gasteiger partial charge < -0.3 is 4.90 Å². The van der Waals surface area contributed by atoms with Crippen molar-refractivity contribution in [3.05, 3.63) is 35.9 Å². The second-order valence-corrected chi connectivity index (χ2v) is 7.58. The third-order valence-corrected chi connectivity index (χ3v) is 4.84. The van der Waals surface area contributed by atoms with Crippen molar-refractivity contribution in [3.63, 3.8) is 0 Å². The topological polar surface area (TPSA) is 49.4 Å². The number of rotatable bonds is 2. The fourth-order valence-corrected chi connectivity index (χ4v) is 2.75. The van der Waals surface area contributed by atoms with Crippen LogP contribution >= 0.6 is 0 Å². The number of amides is 2. The number of nitrogens with one attached hydrogen (secondary N) is 1. The first-order chi connectivity index (χ1) is 13.4. The Morgan fingerprint density at radius 3 is 1.96 bits per heavy atom. The Kier molecular flexibility index (Phi) is 15.3. The quantitative estimate of drug-likeness (QED) is 0.689. The van der Waals surface area contributed by atoms with Gasteiger partial charge in [-0.25, -0.2) is 0 Å². The first-order valence-electron chi connectivity index (χ1n) is 11.0. The summed E-state index contributed by atoms with van der Waals surface area (Å²) in [6, 6.07) is 9.55. The molecule has 0 bridgehead atoms. The van der Waals surface area contributed by atoms with Crippen molar-refractivity contribution in [1.29, 1.82) is 0 Å².